The third-order valence-electron chi connectivity index (χ3n) is 5.45. The van der Waals surface area contributed by atoms with Crippen molar-refractivity contribution in [2.24, 2.45) is 28.9 Å². The van der Waals surface area contributed by atoms with E-state index in [1.165, 1.54) is 19.3 Å². The average Bonchev–Trinajstić information content (AvgIpc) is 2.85. The zero-order valence-corrected chi connectivity index (χ0v) is 12.4. The van der Waals surface area contributed by atoms with Crippen LogP contribution in [0, 0.1) is 23.2 Å². The van der Waals surface area contributed by atoms with E-state index in [1.807, 2.05) is 11.9 Å². The largest absolute Gasteiger partial charge is 0.342 e. The minimum Gasteiger partial charge on any atom is -0.342 e. The van der Waals surface area contributed by atoms with E-state index in [0.29, 0.717) is 11.8 Å². The molecule has 3 heteroatoms. The Hall–Kier alpha value is -0.570. The maximum atomic E-state index is 12.7. The number of nitrogens with zero attached hydrogens (tertiary/aromatic N) is 1. The molecule has 0 aromatic carbocycles. The van der Waals surface area contributed by atoms with E-state index in [4.69, 9.17) is 5.73 Å². The molecule has 3 nitrogen and oxygen atoms in total. The molecular weight excluding hydrogens is 224 g/mol. The molecule has 2 bridgehead atoms. The molecule has 2 fully saturated rings. The van der Waals surface area contributed by atoms with Crippen LogP contribution < -0.4 is 5.73 Å². The molecule has 2 saturated carbocycles. The van der Waals surface area contributed by atoms with Gasteiger partial charge in [0.25, 0.3) is 0 Å². The Kier molecular flexibility index (Phi) is 3.48. The van der Waals surface area contributed by atoms with Gasteiger partial charge in [-0.2, -0.15) is 0 Å². The van der Waals surface area contributed by atoms with Crippen molar-refractivity contribution in [3.05, 3.63) is 0 Å². The monoisotopic (exact) mass is 252 g/mol. The molecule has 0 saturated heterocycles. The fourth-order valence-electron chi connectivity index (χ4n) is 3.71. The zero-order chi connectivity index (χ0) is 13.7. The molecule has 0 aromatic heterocycles. The van der Waals surface area contributed by atoms with E-state index in [2.05, 4.69) is 27.7 Å². The van der Waals surface area contributed by atoms with E-state index >= 15 is 0 Å². The molecule has 5 unspecified atom stereocenters. The number of rotatable bonds is 2. The molecular formula is C15H28N2O. The quantitative estimate of drug-likeness (QED) is 0.819. The van der Waals surface area contributed by atoms with Crippen LogP contribution in [0.2, 0.25) is 0 Å². The third kappa shape index (κ3) is 2.18. The number of amides is 1. The van der Waals surface area contributed by atoms with Gasteiger partial charge < -0.3 is 10.6 Å². The molecule has 0 aromatic rings. The fourth-order valence-corrected chi connectivity index (χ4v) is 3.71. The average molecular weight is 252 g/mol. The summed E-state index contributed by atoms with van der Waals surface area (Å²) in [5, 5.41) is 0. The lowest BCUT2D eigenvalue weighted by molar-refractivity contribution is -0.140. The summed E-state index contributed by atoms with van der Waals surface area (Å²) in [7, 11) is 1.94. The van der Waals surface area contributed by atoms with E-state index in [-0.39, 0.29) is 29.3 Å². The summed E-state index contributed by atoms with van der Waals surface area (Å²) in [6.45, 7) is 8.68. The molecule has 5 atom stereocenters. The van der Waals surface area contributed by atoms with Crippen LogP contribution in [-0.2, 0) is 4.79 Å². The lowest BCUT2D eigenvalue weighted by atomic mass is 9.82. The summed E-state index contributed by atoms with van der Waals surface area (Å²) >= 11 is 0. The molecule has 104 valence electrons. The predicted molar refractivity (Wildman–Crippen MR) is 74.0 cm³/mol. The molecule has 1 amide bonds. The molecule has 0 spiro atoms. The van der Waals surface area contributed by atoms with Gasteiger partial charge in [-0.1, -0.05) is 20.8 Å². The van der Waals surface area contributed by atoms with Gasteiger partial charge in [0.1, 0.15) is 0 Å². The number of hydrogen-bond donors (Lipinski definition) is 1. The smallest absolute Gasteiger partial charge is 0.227 e. The first-order valence-electron chi connectivity index (χ1n) is 7.25. The minimum absolute atomic E-state index is 0.0820. The topological polar surface area (TPSA) is 46.3 Å². The van der Waals surface area contributed by atoms with Crippen LogP contribution in [0.1, 0.15) is 47.0 Å². The Bertz CT molecular complexity index is 332. The third-order valence-corrected chi connectivity index (χ3v) is 5.45. The van der Waals surface area contributed by atoms with E-state index in [9.17, 15) is 4.79 Å². The van der Waals surface area contributed by atoms with Crippen LogP contribution in [0.3, 0.4) is 0 Å². The Labute approximate surface area is 111 Å². The van der Waals surface area contributed by atoms with Crippen molar-refractivity contribution in [2.45, 2.75) is 59.0 Å². The van der Waals surface area contributed by atoms with Gasteiger partial charge in [-0.15, -0.1) is 0 Å². The summed E-state index contributed by atoms with van der Waals surface area (Å²) in [6, 6.07) is 0.349. The lowest BCUT2D eigenvalue weighted by Crippen LogP contribution is -2.51. The van der Waals surface area contributed by atoms with Gasteiger partial charge in [-0.05, 0) is 43.4 Å². The molecule has 0 radical (unpaired) electrons. The molecule has 0 aliphatic heterocycles. The Morgan fingerprint density at radius 3 is 2.28 bits per heavy atom. The van der Waals surface area contributed by atoms with E-state index < -0.39 is 0 Å². The second-order valence-electron chi connectivity index (χ2n) is 7.43. The van der Waals surface area contributed by atoms with Gasteiger partial charge in [0.15, 0.2) is 0 Å². The number of hydrogen-bond acceptors (Lipinski definition) is 2. The first-order valence-corrected chi connectivity index (χ1v) is 7.25. The second-order valence-corrected chi connectivity index (χ2v) is 7.43. The minimum atomic E-state index is 0.0820. The van der Waals surface area contributed by atoms with Crippen LogP contribution in [0.5, 0.6) is 0 Å². The second kappa shape index (κ2) is 4.52. The molecule has 2 N–H and O–H groups in total. The van der Waals surface area contributed by atoms with Gasteiger partial charge in [-0.3, -0.25) is 4.79 Å². The van der Waals surface area contributed by atoms with Crippen molar-refractivity contribution >= 4 is 5.91 Å². The normalized spacial score (nSPS) is 36.8. The highest BCUT2D eigenvalue weighted by Crippen LogP contribution is 2.48. The summed E-state index contributed by atoms with van der Waals surface area (Å²) in [5.41, 5.74) is 6.38. The molecule has 2 aliphatic carbocycles. The molecule has 2 aliphatic rings. The standard InChI is InChI=1S/C15H28N2O/c1-9(15(2,3)4)17(5)14(18)12-10-6-7-11(8-10)13(12)16/h9-13H,6-8,16H2,1-5H3. The number of carbonyl (C=O) groups excluding carboxylic acids is 1. The summed E-state index contributed by atoms with van der Waals surface area (Å²) < 4.78 is 0. The lowest BCUT2D eigenvalue weighted by Gasteiger charge is -2.39. The van der Waals surface area contributed by atoms with Crippen molar-refractivity contribution in [1.29, 1.82) is 0 Å². The molecule has 18 heavy (non-hydrogen) atoms. The number of fused-ring (bicyclic) bond motifs is 2. The predicted octanol–water partition coefficient (Wildman–Crippen LogP) is 2.25. The van der Waals surface area contributed by atoms with Crippen LogP contribution in [0.15, 0.2) is 0 Å². The van der Waals surface area contributed by atoms with Gasteiger partial charge in [0.05, 0.1) is 5.92 Å². The fraction of sp³-hybridized carbons (Fsp3) is 0.933. The highest BCUT2D eigenvalue weighted by atomic mass is 16.2. The maximum absolute atomic E-state index is 12.7. The first-order chi connectivity index (χ1) is 8.23. The Morgan fingerprint density at radius 2 is 1.83 bits per heavy atom. The highest BCUT2D eigenvalue weighted by Gasteiger charge is 2.50. The Balaban J connectivity index is 2.08. The van der Waals surface area contributed by atoms with Gasteiger partial charge >= 0.3 is 0 Å². The van der Waals surface area contributed by atoms with Crippen LogP contribution >= 0.6 is 0 Å². The van der Waals surface area contributed by atoms with Crippen LogP contribution in [0.25, 0.3) is 0 Å². The van der Waals surface area contributed by atoms with Crippen molar-refractivity contribution in [3.8, 4) is 0 Å². The maximum Gasteiger partial charge on any atom is 0.227 e. The van der Waals surface area contributed by atoms with Crippen LogP contribution in [0.4, 0.5) is 0 Å². The Morgan fingerprint density at radius 1 is 1.28 bits per heavy atom. The zero-order valence-electron chi connectivity index (χ0n) is 12.4. The first kappa shape index (κ1) is 13.9. The summed E-state index contributed by atoms with van der Waals surface area (Å²) in [5.74, 6) is 1.50. The van der Waals surface area contributed by atoms with E-state index in [1.54, 1.807) is 0 Å². The van der Waals surface area contributed by atoms with Crippen molar-refractivity contribution < 1.29 is 4.79 Å². The molecule has 0 heterocycles. The number of carbonyl (C=O) groups is 1. The number of nitrogens with two attached hydrogens (primary N) is 1. The SMILES string of the molecule is CC(N(C)C(=O)C1C2CCC(C2)C1N)C(C)(C)C. The van der Waals surface area contributed by atoms with Gasteiger partial charge in [-0.25, -0.2) is 0 Å². The molecule has 2 rings (SSSR count). The van der Waals surface area contributed by atoms with Crippen molar-refractivity contribution in [1.82, 2.24) is 4.90 Å². The van der Waals surface area contributed by atoms with Crippen molar-refractivity contribution in [3.63, 3.8) is 0 Å². The summed E-state index contributed by atoms with van der Waals surface area (Å²) in [6.07, 6.45) is 3.61. The van der Waals surface area contributed by atoms with E-state index in [0.717, 1.165) is 0 Å². The van der Waals surface area contributed by atoms with Gasteiger partial charge in [0, 0.05) is 19.1 Å². The van der Waals surface area contributed by atoms with Crippen molar-refractivity contribution in [2.75, 3.05) is 7.05 Å². The highest BCUT2D eigenvalue weighted by molar-refractivity contribution is 5.80. The van der Waals surface area contributed by atoms with Crippen LogP contribution in [-0.4, -0.2) is 29.9 Å². The van der Waals surface area contributed by atoms with Gasteiger partial charge in [0.2, 0.25) is 5.91 Å². The summed E-state index contributed by atoms with van der Waals surface area (Å²) in [4.78, 5) is 14.6.